The molecule has 3 aromatic rings. The zero-order valence-electron chi connectivity index (χ0n) is 9.70. The molecule has 1 aliphatic carbocycles. The fraction of sp³-hybridized carbons (Fsp3) is 0. The van der Waals surface area contributed by atoms with Gasteiger partial charge in [0.1, 0.15) is 0 Å². The highest BCUT2D eigenvalue weighted by molar-refractivity contribution is 6.40. The van der Waals surface area contributed by atoms with Crippen LogP contribution in [0.1, 0.15) is 0 Å². The van der Waals surface area contributed by atoms with Crippen molar-refractivity contribution in [3.8, 4) is 22.3 Å². The third-order valence-corrected chi connectivity index (χ3v) is 4.57. The van der Waals surface area contributed by atoms with E-state index in [-0.39, 0.29) is 0 Å². The van der Waals surface area contributed by atoms with E-state index in [9.17, 15) is 0 Å². The SMILES string of the molecule is [SiH3]c1ccc2cccc3c2c1-c1ccccc1-3. The number of hydrogen-bond donors (Lipinski definition) is 0. The van der Waals surface area contributed by atoms with E-state index in [0.29, 0.717) is 0 Å². The van der Waals surface area contributed by atoms with Gasteiger partial charge in [0.2, 0.25) is 0 Å². The zero-order chi connectivity index (χ0) is 11.4. The Hall–Kier alpha value is -1.86. The Morgan fingerprint density at radius 3 is 2.29 bits per heavy atom. The summed E-state index contributed by atoms with van der Waals surface area (Å²) in [5, 5.41) is 4.34. The molecule has 0 N–H and O–H groups in total. The van der Waals surface area contributed by atoms with Gasteiger partial charge in [0.15, 0.2) is 0 Å². The predicted molar refractivity (Wildman–Crippen MR) is 78.0 cm³/mol. The van der Waals surface area contributed by atoms with Gasteiger partial charge in [0.25, 0.3) is 0 Å². The molecule has 3 aromatic carbocycles. The van der Waals surface area contributed by atoms with E-state index in [1.165, 1.54) is 38.2 Å². The Morgan fingerprint density at radius 2 is 1.41 bits per heavy atom. The van der Waals surface area contributed by atoms with E-state index >= 15 is 0 Å². The topological polar surface area (TPSA) is 0 Å². The van der Waals surface area contributed by atoms with E-state index in [0.717, 1.165) is 10.2 Å². The third kappa shape index (κ3) is 1.07. The summed E-state index contributed by atoms with van der Waals surface area (Å²) in [6.07, 6.45) is 0. The van der Waals surface area contributed by atoms with E-state index < -0.39 is 0 Å². The molecule has 0 nitrogen and oxygen atoms in total. The maximum atomic E-state index is 2.29. The van der Waals surface area contributed by atoms with Gasteiger partial charge in [-0.25, -0.2) is 0 Å². The fourth-order valence-corrected chi connectivity index (χ4v) is 3.68. The molecular formula is C16H12Si. The van der Waals surface area contributed by atoms with Crippen molar-refractivity contribution in [1.82, 2.24) is 0 Å². The lowest BCUT2D eigenvalue weighted by Crippen LogP contribution is -2.04. The lowest BCUT2D eigenvalue weighted by Gasteiger charge is -2.05. The van der Waals surface area contributed by atoms with E-state index in [1.54, 1.807) is 0 Å². The van der Waals surface area contributed by atoms with Crippen molar-refractivity contribution < 1.29 is 0 Å². The first-order valence-electron chi connectivity index (χ1n) is 5.98. The second-order valence-electron chi connectivity index (χ2n) is 4.71. The summed E-state index contributed by atoms with van der Waals surface area (Å²) < 4.78 is 0. The smallest absolute Gasteiger partial charge is 0.0393 e. The van der Waals surface area contributed by atoms with Crippen LogP contribution in [0.15, 0.2) is 54.6 Å². The van der Waals surface area contributed by atoms with Crippen molar-refractivity contribution >= 4 is 26.2 Å². The van der Waals surface area contributed by atoms with Gasteiger partial charge in [0, 0.05) is 10.2 Å². The molecule has 80 valence electrons. The molecule has 0 saturated heterocycles. The lowest BCUT2D eigenvalue weighted by atomic mass is 10.0. The van der Waals surface area contributed by atoms with E-state index in [2.05, 4.69) is 54.6 Å². The monoisotopic (exact) mass is 232 g/mol. The Bertz CT molecular complexity index is 757. The quantitative estimate of drug-likeness (QED) is 0.409. The Labute approximate surface area is 103 Å². The van der Waals surface area contributed by atoms with Crippen LogP contribution in [0.5, 0.6) is 0 Å². The highest BCUT2D eigenvalue weighted by Crippen LogP contribution is 2.45. The molecule has 4 rings (SSSR count). The van der Waals surface area contributed by atoms with Gasteiger partial charge < -0.3 is 0 Å². The van der Waals surface area contributed by atoms with Crippen LogP contribution in [-0.2, 0) is 0 Å². The summed E-state index contributed by atoms with van der Waals surface area (Å²) in [5.41, 5.74) is 5.71. The molecule has 1 aliphatic rings. The van der Waals surface area contributed by atoms with Crippen molar-refractivity contribution in [3.05, 3.63) is 54.6 Å². The van der Waals surface area contributed by atoms with Crippen LogP contribution in [0.3, 0.4) is 0 Å². The van der Waals surface area contributed by atoms with Gasteiger partial charge in [0.05, 0.1) is 0 Å². The minimum Gasteiger partial charge on any atom is -0.0628 e. The molecule has 0 saturated carbocycles. The van der Waals surface area contributed by atoms with Crippen molar-refractivity contribution in [2.75, 3.05) is 0 Å². The minimum atomic E-state index is 1.11. The number of rotatable bonds is 0. The van der Waals surface area contributed by atoms with Crippen LogP contribution in [0.4, 0.5) is 0 Å². The minimum absolute atomic E-state index is 1.11. The maximum Gasteiger partial charge on any atom is 0.0393 e. The molecule has 0 unspecified atom stereocenters. The summed E-state index contributed by atoms with van der Waals surface area (Å²) in [7, 11) is 1.11. The first-order chi connectivity index (χ1) is 8.36. The van der Waals surface area contributed by atoms with Gasteiger partial charge in [-0.1, -0.05) is 59.8 Å². The summed E-state index contributed by atoms with van der Waals surface area (Å²) in [4.78, 5) is 0. The normalized spacial score (nSPS) is 12.0. The number of benzene rings is 3. The van der Waals surface area contributed by atoms with Gasteiger partial charge in [-0.3, -0.25) is 0 Å². The second kappa shape index (κ2) is 3.08. The van der Waals surface area contributed by atoms with Gasteiger partial charge >= 0.3 is 0 Å². The third-order valence-electron chi connectivity index (χ3n) is 3.74. The Kier molecular flexibility index (Phi) is 1.67. The molecule has 17 heavy (non-hydrogen) atoms. The molecule has 0 radical (unpaired) electrons. The van der Waals surface area contributed by atoms with Crippen LogP contribution >= 0.6 is 0 Å². The van der Waals surface area contributed by atoms with E-state index in [4.69, 9.17) is 0 Å². The van der Waals surface area contributed by atoms with Crippen LogP contribution < -0.4 is 5.19 Å². The maximum absolute atomic E-state index is 2.29. The molecule has 0 atom stereocenters. The molecular weight excluding hydrogens is 220 g/mol. The summed E-state index contributed by atoms with van der Waals surface area (Å²) >= 11 is 0. The average Bonchev–Trinajstić information content (AvgIpc) is 2.71. The summed E-state index contributed by atoms with van der Waals surface area (Å²) in [6, 6.07) is 20.0. The molecule has 0 aliphatic heterocycles. The number of fused-ring (bicyclic) bond motifs is 3. The second-order valence-corrected chi connectivity index (χ2v) is 5.78. The van der Waals surface area contributed by atoms with Crippen molar-refractivity contribution in [3.63, 3.8) is 0 Å². The van der Waals surface area contributed by atoms with E-state index in [1.807, 2.05) is 0 Å². The Balaban J connectivity index is 2.33. The highest BCUT2D eigenvalue weighted by atomic mass is 28.1. The number of hydrogen-bond acceptors (Lipinski definition) is 0. The van der Waals surface area contributed by atoms with Crippen molar-refractivity contribution in [2.45, 2.75) is 0 Å². The average molecular weight is 232 g/mol. The molecule has 1 heteroatoms. The van der Waals surface area contributed by atoms with Crippen LogP contribution in [0, 0.1) is 0 Å². The first-order valence-corrected chi connectivity index (χ1v) is 6.98. The summed E-state index contributed by atoms with van der Waals surface area (Å²) in [6.45, 7) is 0. The van der Waals surface area contributed by atoms with Crippen LogP contribution in [-0.4, -0.2) is 10.2 Å². The molecule has 0 amide bonds. The molecule has 0 fully saturated rings. The first kappa shape index (κ1) is 9.20. The fourth-order valence-electron chi connectivity index (χ4n) is 2.99. The zero-order valence-corrected chi connectivity index (χ0v) is 11.7. The van der Waals surface area contributed by atoms with Gasteiger partial charge in [-0.05, 0) is 33.0 Å². The summed E-state index contributed by atoms with van der Waals surface area (Å²) in [5.74, 6) is 0. The van der Waals surface area contributed by atoms with Crippen molar-refractivity contribution in [1.29, 1.82) is 0 Å². The molecule has 0 bridgehead atoms. The van der Waals surface area contributed by atoms with Crippen LogP contribution in [0.25, 0.3) is 33.0 Å². The highest BCUT2D eigenvalue weighted by Gasteiger charge is 2.21. The standard InChI is InChI=1S/C16H12Si/c17-14-9-8-10-4-3-7-12-11-5-1-2-6-13(11)16(14)15(10)12/h1-9H,17H3. The lowest BCUT2D eigenvalue weighted by molar-refractivity contribution is 1.70. The Morgan fingerprint density at radius 1 is 0.647 bits per heavy atom. The largest absolute Gasteiger partial charge is 0.0628 e. The van der Waals surface area contributed by atoms with Crippen LogP contribution in [0.2, 0.25) is 0 Å². The predicted octanol–water partition coefficient (Wildman–Crippen LogP) is 2.48. The van der Waals surface area contributed by atoms with Gasteiger partial charge in [-0.2, -0.15) is 0 Å². The van der Waals surface area contributed by atoms with Gasteiger partial charge in [-0.15, -0.1) is 0 Å². The molecule has 0 heterocycles. The van der Waals surface area contributed by atoms with Crippen molar-refractivity contribution in [2.24, 2.45) is 0 Å². The molecule has 0 spiro atoms. The molecule has 0 aromatic heterocycles.